The molecule has 0 aromatic heterocycles. The summed E-state index contributed by atoms with van der Waals surface area (Å²) in [4.78, 5) is 0. The van der Waals surface area contributed by atoms with E-state index in [1.54, 1.807) is 7.11 Å². The summed E-state index contributed by atoms with van der Waals surface area (Å²) in [7, 11) is 1.73. The minimum Gasteiger partial charge on any atom is -0.496 e. The molecule has 0 bridgehead atoms. The number of hydrogen-bond donors (Lipinski definition) is 2. The number of methoxy groups -OCH3 is 1. The van der Waals surface area contributed by atoms with Crippen molar-refractivity contribution in [3.63, 3.8) is 0 Å². The zero-order valence-corrected chi connectivity index (χ0v) is 12.6. The lowest BCUT2D eigenvalue weighted by Gasteiger charge is -2.41. The van der Waals surface area contributed by atoms with Gasteiger partial charge in [-0.1, -0.05) is 6.42 Å². The first-order chi connectivity index (χ1) is 9.03. The summed E-state index contributed by atoms with van der Waals surface area (Å²) < 4.78 is 5.41. The smallest absolute Gasteiger partial charge is 0.122 e. The summed E-state index contributed by atoms with van der Waals surface area (Å²) in [5.74, 6) is 0.970. The van der Waals surface area contributed by atoms with Crippen LogP contribution in [0.25, 0.3) is 0 Å². The molecule has 1 aromatic carbocycles. The maximum Gasteiger partial charge on any atom is 0.122 e. The van der Waals surface area contributed by atoms with Crippen molar-refractivity contribution in [2.45, 2.75) is 40.0 Å². The third kappa shape index (κ3) is 2.57. The van der Waals surface area contributed by atoms with Crippen LogP contribution in [0.2, 0.25) is 0 Å². The average molecular weight is 262 g/mol. The summed E-state index contributed by atoms with van der Waals surface area (Å²) in [6.45, 7) is 8.17. The summed E-state index contributed by atoms with van der Waals surface area (Å²) in [6, 6.07) is 2.11. The minimum atomic E-state index is 0.326. The molecule has 0 spiro atoms. The molecule has 0 atom stereocenters. The second kappa shape index (κ2) is 5.41. The Morgan fingerprint density at radius 1 is 1.26 bits per heavy atom. The van der Waals surface area contributed by atoms with Crippen LogP contribution < -0.4 is 15.8 Å². The van der Waals surface area contributed by atoms with Crippen LogP contribution in [0.5, 0.6) is 5.75 Å². The Bertz CT molecular complexity index is 459. The Hall–Kier alpha value is -1.22. The van der Waals surface area contributed by atoms with E-state index in [0.29, 0.717) is 5.41 Å². The maximum atomic E-state index is 5.92. The fraction of sp³-hybridized carbons (Fsp3) is 0.625. The van der Waals surface area contributed by atoms with Gasteiger partial charge in [-0.25, -0.2) is 0 Å². The zero-order valence-electron chi connectivity index (χ0n) is 12.6. The Balaban J connectivity index is 2.18. The largest absolute Gasteiger partial charge is 0.496 e. The second-order valence-corrected chi connectivity index (χ2v) is 5.93. The van der Waals surface area contributed by atoms with Crippen LogP contribution in [0.3, 0.4) is 0 Å². The molecule has 3 heteroatoms. The van der Waals surface area contributed by atoms with Crippen LogP contribution in [-0.2, 0) is 0 Å². The van der Waals surface area contributed by atoms with E-state index in [-0.39, 0.29) is 0 Å². The highest BCUT2D eigenvalue weighted by Crippen LogP contribution is 2.40. The average Bonchev–Trinajstić information content (AvgIpc) is 2.36. The molecule has 3 nitrogen and oxygen atoms in total. The summed E-state index contributed by atoms with van der Waals surface area (Å²) in [5.41, 5.74) is 11.2. The molecule has 106 valence electrons. The normalized spacial score (nSPS) is 16.9. The van der Waals surface area contributed by atoms with Crippen molar-refractivity contribution < 1.29 is 4.74 Å². The first-order valence-electron chi connectivity index (χ1n) is 7.12. The number of rotatable bonds is 5. The molecular formula is C16H26N2O. The van der Waals surface area contributed by atoms with E-state index in [1.807, 2.05) is 0 Å². The van der Waals surface area contributed by atoms with Crippen LogP contribution in [-0.4, -0.2) is 20.2 Å². The lowest BCUT2D eigenvalue weighted by atomic mass is 9.69. The molecule has 1 fully saturated rings. The fourth-order valence-corrected chi connectivity index (χ4v) is 2.93. The Morgan fingerprint density at radius 3 is 2.42 bits per heavy atom. The van der Waals surface area contributed by atoms with Gasteiger partial charge in [0.2, 0.25) is 0 Å². The highest BCUT2D eigenvalue weighted by molar-refractivity contribution is 5.63. The Labute approximate surface area is 116 Å². The van der Waals surface area contributed by atoms with Crippen molar-refractivity contribution in [3.05, 3.63) is 22.8 Å². The van der Waals surface area contributed by atoms with Gasteiger partial charge in [-0.05, 0) is 68.3 Å². The SMILES string of the molecule is COc1cc(C)c(NCC2(CN)CCC2)c(C)c1C. The first-order valence-corrected chi connectivity index (χ1v) is 7.12. The molecule has 2 rings (SSSR count). The fourth-order valence-electron chi connectivity index (χ4n) is 2.93. The van der Waals surface area contributed by atoms with Gasteiger partial charge in [0.25, 0.3) is 0 Å². The number of hydrogen-bond acceptors (Lipinski definition) is 3. The summed E-state index contributed by atoms with van der Waals surface area (Å²) >= 11 is 0. The van der Waals surface area contributed by atoms with Crippen LogP contribution >= 0.6 is 0 Å². The minimum absolute atomic E-state index is 0.326. The summed E-state index contributed by atoms with van der Waals surface area (Å²) in [5, 5.41) is 3.63. The van der Waals surface area contributed by atoms with Gasteiger partial charge >= 0.3 is 0 Å². The van der Waals surface area contributed by atoms with Gasteiger partial charge in [-0.3, -0.25) is 0 Å². The lowest BCUT2D eigenvalue weighted by Crippen LogP contribution is -2.43. The van der Waals surface area contributed by atoms with Crippen molar-refractivity contribution >= 4 is 5.69 Å². The van der Waals surface area contributed by atoms with E-state index < -0.39 is 0 Å². The number of aryl methyl sites for hydroxylation is 1. The molecule has 3 N–H and O–H groups in total. The lowest BCUT2D eigenvalue weighted by molar-refractivity contribution is 0.163. The Morgan fingerprint density at radius 2 is 1.95 bits per heavy atom. The van der Waals surface area contributed by atoms with Gasteiger partial charge in [-0.2, -0.15) is 0 Å². The van der Waals surface area contributed by atoms with E-state index in [4.69, 9.17) is 10.5 Å². The predicted molar refractivity (Wildman–Crippen MR) is 81.0 cm³/mol. The van der Waals surface area contributed by atoms with Gasteiger partial charge < -0.3 is 15.8 Å². The zero-order chi connectivity index (χ0) is 14.0. The molecule has 1 aliphatic carbocycles. The topological polar surface area (TPSA) is 47.3 Å². The third-order valence-corrected chi connectivity index (χ3v) is 4.76. The van der Waals surface area contributed by atoms with E-state index in [0.717, 1.165) is 18.8 Å². The molecule has 0 radical (unpaired) electrons. The Kier molecular flexibility index (Phi) is 4.04. The van der Waals surface area contributed by atoms with Crippen molar-refractivity contribution in [1.29, 1.82) is 0 Å². The molecule has 1 aliphatic rings. The highest BCUT2D eigenvalue weighted by Gasteiger charge is 2.35. The van der Waals surface area contributed by atoms with Crippen molar-refractivity contribution in [3.8, 4) is 5.75 Å². The molecular weight excluding hydrogens is 236 g/mol. The standard InChI is InChI=1S/C16H26N2O/c1-11-8-14(19-4)12(2)13(3)15(11)18-10-16(9-17)6-5-7-16/h8,18H,5-7,9-10,17H2,1-4H3. The molecule has 0 unspecified atom stereocenters. The molecule has 0 heterocycles. The number of anilines is 1. The monoisotopic (exact) mass is 262 g/mol. The van der Waals surface area contributed by atoms with Crippen LogP contribution in [0, 0.1) is 26.2 Å². The highest BCUT2D eigenvalue weighted by atomic mass is 16.5. The number of ether oxygens (including phenoxy) is 1. The van der Waals surface area contributed by atoms with Crippen LogP contribution in [0.15, 0.2) is 6.07 Å². The summed E-state index contributed by atoms with van der Waals surface area (Å²) in [6.07, 6.45) is 3.83. The molecule has 0 amide bonds. The number of benzene rings is 1. The molecule has 1 saturated carbocycles. The van der Waals surface area contributed by atoms with Gasteiger partial charge in [0.1, 0.15) is 5.75 Å². The molecule has 19 heavy (non-hydrogen) atoms. The maximum absolute atomic E-state index is 5.92. The van der Waals surface area contributed by atoms with Crippen molar-refractivity contribution in [1.82, 2.24) is 0 Å². The van der Waals surface area contributed by atoms with Crippen molar-refractivity contribution in [2.24, 2.45) is 11.1 Å². The molecule has 0 saturated heterocycles. The van der Waals surface area contributed by atoms with Gasteiger partial charge in [0.05, 0.1) is 7.11 Å². The van der Waals surface area contributed by atoms with E-state index in [9.17, 15) is 0 Å². The van der Waals surface area contributed by atoms with E-state index in [1.165, 1.54) is 41.6 Å². The van der Waals surface area contributed by atoms with Gasteiger partial charge in [-0.15, -0.1) is 0 Å². The van der Waals surface area contributed by atoms with E-state index >= 15 is 0 Å². The third-order valence-electron chi connectivity index (χ3n) is 4.76. The quantitative estimate of drug-likeness (QED) is 0.857. The molecule has 0 aliphatic heterocycles. The van der Waals surface area contributed by atoms with Crippen LogP contribution in [0.4, 0.5) is 5.69 Å². The van der Waals surface area contributed by atoms with Gasteiger partial charge in [0.15, 0.2) is 0 Å². The van der Waals surface area contributed by atoms with E-state index in [2.05, 4.69) is 32.2 Å². The van der Waals surface area contributed by atoms with Crippen molar-refractivity contribution in [2.75, 3.05) is 25.5 Å². The number of nitrogens with one attached hydrogen (secondary N) is 1. The number of nitrogens with two attached hydrogens (primary N) is 1. The van der Waals surface area contributed by atoms with Crippen LogP contribution in [0.1, 0.15) is 36.0 Å². The first kappa shape index (κ1) is 14.2. The predicted octanol–water partition coefficient (Wildman–Crippen LogP) is 3.16. The second-order valence-electron chi connectivity index (χ2n) is 5.93. The molecule has 1 aromatic rings. The van der Waals surface area contributed by atoms with Gasteiger partial charge in [0, 0.05) is 12.2 Å².